The third kappa shape index (κ3) is 2.28. The lowest BCUT2D eigenvalue weighted by Crippen LogP contribution is -2.18. The van der Waals surface area contributed by atoms with Crippen molar-refractivity contribution in [3.05, 3.63) is 21.1 Å². The molecule has 0 saturated heterocycles. The monoisotopic (exact) mass is 343 g/mol. The molecule has 1 aromatic carbocycles. The zero-order valence-electron chi connectivity index (χ0n) is 7.08. The van der Waals surface area contributed by atoms with Crippen molar-refractivity contribution in [2.75, 3.05) is 7.05 Å². The van der Waals surface area contributed by atoms with Crippen molar-refractivity contribution < 1.29 is 13.5 Å². The topological polar surface area (TPSA) is 66.4 Å². The predicted octanol–water partition coefficient (Wildman–Crippen LogP) is 1.83. The van der Waals surface area contributed by atoms with Crippen molar-refractivity contribution in [2.24, 2.45) is 0 Å². The summed E-state index contributed by atoms with van der Waals surface area (Å²) in [6.07, 6.45) is 0. The van der Waals surface area contributed by atoms with Crippen molar-refractivity contribution in [3.63, 3.8) is 0 Å². The number of phenolic OH excluding ortho intramolecular Hbond substituents is 1. The first-order valence-corrected chi connectivity index (χ1v) is 6.57. The molecule has 0 fully saturated rings. The molecule has 0 radical (unpaired) electrons. The molecule has 0 heterocycles. The largest absolute Gasteiger partial charge is 0.506 e. The number of hydrogen-bond donors (Lipinski definition) is 2. The molecule has 0 aliphatic heterocycles. The zero-order valence-corrected chi connectivity index (χ0v) is 11.1. The van der Waals surface area contributed by atoms with Crippen LogP contribution in [-0.2, 0) is 10.0 Å². The molecule has 7 heteroatoms. The highest BCUT2D eigenvalue weighted by molar-refractivity contribution is 9.11. The van der Waals surface area contributed by atoms with E-state index in [0.717, 1.165) is 0 Å². The summed E-state index contributed by atoms with van der Waals surface area (Å²) in [5.41, 5.74) is 0. The third-order valence-electron chi connectivity index (χ3n) is 1.57. The molecule has 1 rings (SSSR count). The second-order valence-electron chi connectivity index (χ2n) is 2.44. The first-order chi connectivity index (χ1) is 6.38. The molecule has 0 spiro atoms. The number of hydrogen-bond acceptors (Lipinski definition) is 3. The van der Waals surface area contributed by atoms with E-state index >= 15 is 0 Å². The van der Waals surface area contributed by atoms with E-state index in [-0.39, 0.29) is 10.6 Å². The summed E-state index contributed by atoms with van der Waals surface area (Å²) in [5, 5.41) is 9.36. The van der Waals surface area contributed by atoms with Gasteiger partial charge in [0, 0.05) is 0 Å². The van der Waals surface area contributed by atoms with Gasteiger partial charge in [-0.25, -0.2) is 13.1 Å². The number of rotatable bonds is 2. The average molecular weight is 345 g/mol. The minimum atomic E-state index is -3.48. The van der Waals surface area contributed by atoms with Crippen LogP contribution >= 0.6 is 31.9 Å². The quantitative estimate of drug-likeness (QED) is 0.860. The maximum Gasteiger partial charge on any atom is 0.240 e. The van der Waals surface area contributed by atoms with Crippen LogP contribution in [0.15, 0.2) is 26.0 Å². The standard InChI is InChI=1S/C7H7Br2NO3S/c1-10-14(12,13)4-2-5(8)7(11)6(9)3-4/h2-3,10-11H,1H3. The van der Waals surface area contributed by atoms with Crippen molar-refractivity contribution in [2.45, 2.75) is 4.90 Å². The number of nitrogens with one attached hydrogen (secondary N) is 1. The van der Waals surface area contributed by atoms with Gasteiger partial charge in [0.1, 0.15) is 5.75 Å². The van der Waals surface area contributed by atoms with E-state index < -0.39 is 10.0 Å². The molecular weight excluding hydrogens is 338 g/mol. The van der Waals surface area contributed by atoms with Crippen LogP contribution < -0.4 is 4.72 Å². The molecule has 0 aliphatic carbocycles. The Morgan fingerprint density at radius 2 is 1.71 bits per heavy atom. The highest BCUT2D eigenvalue weighted by Gasteiger charge is 2.15. The number of aromatic hydroxyl groups is 1. The molecule has 4 nitrogen and oxygen atoms in total. The lowest BCUT2D eigenvalue weighted by atomic mass is 10.3. The molecule has 0 amide bonds. The molecule has 0 aromatic heterocycles. The van der Waals surface area contributed by atoms with E-state index in [1.165, 1.54) is 19.2 Å². The van der Waals surface area contributed by atoms with Crippen LogP contribution in [0.2, 0.25) is 0 Å². The van der Waals surface area contributed by atoms with Crippen molar-refractivity contribution in [1.82, 2.24) is 4.72 Å². The van der Waals surface area contributed by atoms with Crippen LogP contribution in [0.3, 0.4) is 0 Å². The van der Waals surface area contributed by atoms with Crippen LogP contribution in [0.5, 0.6) is 5.75 Å². The average Bonchev–Trinajstić information content (AvgIpc) is 2.13. The lowest BCUT2D eigenvalue weighted by Gasteiger charge is -2.05. The van der Waals surface area contributed by atoms with Crippen LogP contribution in [-0.4, -0.2) is 20.6 Å². The van der Waals surface area contributed by atoms with E-state index in [0.29, 0.717) is 8.95 Å². The Hall–Kier alpha value is -0.110. The van der Waals surface area contributed by atoms with Crippen LogP contribution in [0, 0.1) is 0 Å². The van der Waals surface area contributed by atoms with Gasteiger partial charge in [-0.1, -0.05) is 0 Å². The smallest absolute Gasteiger partial charge is 0.240 e. The summed E-state index contributed by atoms with van der Waals surface area (Å²) in [4.78, 5) is 0.0801. The predicted molar refractivity (Wildman–Crippen MR) is 59.8 cm³/mol. The highest BCUT2D eigenvalue weighted by atomic mass is 79.9. The number of halogens is 2. The molecular formula is C7H7Br2NO3S. The highest BCUT2D eigenvalue weighted by Crippen LogP contribution is 2.34. The summed E-state index contributed by atoms with van der Waals surface area (Å²) in [6.45, 7) is 0. The molecule has 1 aromatic rings. The van der Waals surface area contributed by atoms with Gasteiger partial charge in [0.25, 0.3) is 0 Å². The van der Waals surface area contributed by atoms with E-state index in [1.54, 1.807) is 0 Å². The number of phenols is 1. The zero-order chi connectivity index (χ0) is 10.9. The van der Waals surface area contributed by atoms with Gasteiger partial charge >= 0.3 is 0 Å². The van der Waals surface area contributed by atoms with Gasteiger partial charge in [0.2, 0.25) is 10.0 Å². The van der Waals surface area contributed by atoms with Crippen molar-refractivity contribution in [1.29, 1.82) is 0 Å². The maximum absolute atomic E-state index is 11.4. The van der Waals surface area contributed by atoms with Gasteiger partial charge < -0.3 is 5.11 Å². The Morgan fingerprint density at radius 1 is 1.29 bits per heavy atom. The van der Waals surface area contributed by atoms with Crippen LogP contribution in [0.1, 0.15) is 0 Å². The molecule has 14 heavy (non-hydrogen) atoms. The second kappa shape index (κ2) is 4.18. The van der Waals surface area contributed by atoms with E-state index in [4.69, 9.17) is 0 Å². The normalized spacial score (nSPS) is 11.6. The van der Waals surface area contributed by atoms with E-state index in [2.05, 4.69) is 36.6 Å². The Kier molecular flexibility index (Phi) is 3.57. The molecule has 2 N–H and O–H groups in total. The minimum absolute atomic E-state index is 0.0277. The Morgan fingerprint density at radius 3 is 2.07 bits per heavy atom. The molecule has 0 saturated carbocycles. The summed E-state index contributed by atoms with van der Waals surface area (Å²) >= 11 is 6.09. The summed E-state index contributed by atoms with van der Waals surface area (Å²) in [7, 11) is -2.16. The Labute approximate surface area is 98.6 Å². The molecule has 0 unspecified atom stereocenters. The van der Waals surface area contributed by atoms with Gasteiger partial charge in [-0.05, 0) is 51.0 Å². The Balaban J connectivity index is 3.41. The third-order valence-corrected chi connectivity index (χ3v) is 4.17. The minimum Gasteiger partial charge on any atom is -0.506 e. The van der Waals surface area contributed by atoms with Gasteiger partial charge in [-0.2, -0.15) is 0 Å². The van der Waals surface area contributed by atoms with Crippen LogP contribution in [0.25, 0.3) is 0 Å². The van der Waals surface area contributed by atoms with Crippen molar-refractivity contribution in [3.8, 4) is 5.75 Å². The van der Waals surface area contributed by atoms with Gasteiger partial charge in [0.05, 0.1) is 13.8 Å². The van der Waals surface area contributed by atoms with Gasteiger partial charge in [0.15, 0.2) is 0 Å². The summed E-state index contributed by atoms with van der Waals surface area (Å²) in [5.74, 6) is -0.0277. The fraction of sp³-hybridized carbons (Fsp3) is 0.143. The van der Waals surface area contributed by atoms with Gasteiger partial charge in [-0.3, -0.25) is 0 Å². The number of benzene rings is 1. The molecule has 0 bridgehead atoms. The van der Waals surface area contributed by atoms with E-state index in [9.17, 15) is 13.5 Å². The van der Waals surface area contributed by atoms with Crippen LogP contribution in [0.4, 0.5) is 0 Å². The molecule has 0 aliphatic rings. The molecule has 78 valence electrons. The lowest BCUT2D eigenvalue weighted by molar-refractivity contribution is 0.467. The second-order valence-corrected chi connectivity index (χ2v) is 6.04. The molecule has 0 atom stereocenters. The number of sulfonamides is 1. The fourth-order valence-electron chi connectivity index (χ4n) is 0.815. The van der Waals surface area contributed by atoms with E-state index in [1.807, 2.05) is 0 Å². The maximum atomic E-state index is 11.4. The van der Waals surface area contributed by atoms with Gasteiger partial charge in [-0.15, -0.1) is 0 Å². The summed E-state index contributed by atoms with van der Waals surface area (Å²) in [6, 6.07) is 2.65. The summed E-state index contributed by atoms with van der Waals surface area (Å²) < 4.78 is 25.6. The Bertz CT molecular complexity index is 435. The fourth-order valence-corrected chi connectivity index (χ4v) is 3.09. The SMILES string of the molecule is CNS(=O)(=O)c1cc(Br)c(O)c(Br)c1. The first kappa shape index (κ1) is 12.0. The first-order valence-electron chi connectivity index (χ1n) is 3.50. The van der Waals surface area contributed by atoms with Crippen molar-refractivity contribution >= 4 is 41.9 Å².